The number of hydrogen-bond donors (Lipinski definition) is 0. The molecule has 1 aliphatic rings. The van der Waals surface area contributed by atoms with Gasteiger partial charge in [0.15, 0.2) is 0 Å². The first-order chi connectivity index (χ1) is 4.20. The van der Waals surface area contributed by atoms with Crippen molar-refractivity contribution >= 4 is 18.2 Å². The van der Waals surface area contributed by atoms with Crippen molar-refractivity contribution in [2.45, 2.75) is 25.8 Å². The zero-order valence-electron chi connectivity index (χ0n) is 6.46. The second kappa shape index (κ2) is 3.94. The van der Waals surface area contributed by atoms with E-state index in [0.717, 1.165) is 19.4 Å². The molecule has 0 aliphatic carbocycles. The topological polar surface area (TPSA) is 20.3 Å². The third-order valence-corrected chi connectivity index (χ3v) is 2.02. The Kier molecular flexibility index (Phi) is 3.91. The lowest BCUT2D eigenvalue weighted by atomic mass is 10.0. The van der Waals surface area contributed by atoms with Gasteiger partial charge < -0.3 is 4.90 Å². The summed E-state index contributed by atoms with van der Waals surface area (Å²) in [7, 11) is 2.07. The van der Waals surface area contributed by atoms with Crippen molar-refractivity contribution in [1.29, 1.82) is 0 Å². The molecule has 0 radical (unpaired) electrons. The molecule has 0 aromatic rings. The van der Waals surface area contributed by atoms with E-state index in [2.05, 4.69) is 18.9 Å². The molecule has 1 unspecified atom stereocenters. The van der Waals surface area contributed by atoms with Gasteiger partial charge in [0.05, 0.1) is 0 Å². The second-order valence-corrected chi connectivity index (χ2v) is 2.82. The number of halogens is 1. The zero-order valence-corrected chi connectivity index (χ0v) is 7.28. The van der Waals surface area contributed by atoms with E-state index in [0.29, 0.717) is 11.8 Å². The van der Waals surface area contributed by atoms with E-state index in [-0.39, 0.29) is 12.4 Å². The highest BCUT2D eigenvalue weighted by molar-refractivity contribution is 5.85. The van der Waals surface area contributed by atoms with Gasteiger partial charge in [0.25, 0.3) is 0 Å². The van der Waals surface area contributed by atoms with Gasteiger partial charge in [0, 0.05) is 25.4 Å². The maximum absolute atomic E-state index is 10.8. The Labute approximate surface area is 68.0 Å². The van der Waals surface area contributed by atoms with Crippen LogP contribution in [0.4, 0.5) is 0 Å². The zero-order chi connectivity index (χ0) is 6.85. The number of piperidine rings is 1. The average molecular weight is 164 g/mol. The van der Waals surface area contributed by atoms with Crippen molar-refractivity contribution in [3.05, 3.63) is 0 Å². The van der Waals surface area contributed by atoms with Crippen LogP contribution < -0.4 is 0 Å². The Balaban J connectivity index is 0.000000810. The van der Waals surface area contributed by atoms with Crippen molar-refractivity contribution in [1.82, 2.24) is 4.90 Å². The summed E-state index contributed by atoms with van der Waals surface area (Å²) in [6.45, 7) is 3.04. The van der Waals surface area contributed by atoms with Crippen molar-refractivity contribution in [2.75, 3.05) is 13.6 Å². The number of ketones is 1. The molecule has 0 saturated carbocycles. The molecule has 2 nitrogen and oxygen atoms in total. The van der Waals surface area contributed by atoms with Crippen LogP contribution in [-0.2, 0) is 4.79 Å². The molecule has 1 atom stereocenters. The summed E-state index contributed by atoms with van der Waals surface area (Å²) in [5.74, 6) is 0.417. The lowest BCUT2D eigenvalue weighted by molar-refractivity contribution is -0.122. The molecular weight excluding hydrogens is 150 g/mol. The molecule has 0 N–H and O–H groups in total. The van der Waals surface area contributed by atoms with Crippen LogP contribution in [0.3, 0.4) is 0 Å². The third-order valence-electron chi connectivity index (χ3n) is 2.02. The predicted octanol–water partition coefficient (Wildman–Crippen LogP) is 1.09. The number of rotatable bonds is 0. The summed E-state index contributed by atoms with van der Waals surface area (Å²) in [5.41, 5.74) is 0. The van der Waals surface area contributed by atoms with E-state index in [1.165, 1.54) is 0 Å². The molecule has 1 aliphatic heterocycles. The van der Waals surface area contributed by atoms with Crippen molar-refractivity contribution in [3.63, 3.8) is 0 Å². The van der Waals surface area contributed by atoms with Gasteiger partial charge in [0.1, 0.15) is 5.78 Å². The Hall–Kier alpha value is -0.0800. The second-order valence-electron chi connectivity index (χ2n) is 2.82. The van der Waals surface area contributed by atoms with Crippen molar-refractivity contribution in [2.24, 2.45) is 0 Å². The molecular formula is C7H14ClNO. The number of Topliss-reactive ketones (excluding diaryl/α,β-unsaturated/α-hetero) is 1. The monoisotopic (exact) mass is 163 g/mol. The Bertz CT molecular complexity index is 127. The first kappa shape index (κ1) is 9.92. The minimum atomic E-state index is 0. The van der Waals surface area contributed by atoms with Crippen LogP contribution in [0.15, 0.2) is 0 Å². The highest BCUT2D eigenvalue weighted by Crippen LogP contribution is 2.10. The lowest BCUT2D eigenvalue weighted by Crippen LogP contribution is -2.37. The minimum absolute atomic E-state index is 0. The van der Waals surface area contributed by atoms with Crippen LogP contribution >= 0.6 is 12.4 Å². The first-order valence-corrected chi connectivity index (χ1v) is 3.42. The van der Waals surface area contributed by atoms with Gasteiger partial charge in [-0.05, 0) is 14.0 Å². The van der Waals surface area contributed by atoms with Gasteiger partial charge in [-0.25, -0.2) is 0 Å². The molecule has 1 heterocycles. The third kappa shape index (κ3) is 2.27. The van der Waals surface area contributed by atoms with Crippen LogP contribution in [0.2, 0.25) is 0 Å². The van der Waals surface area contributed by atoms with E-state index >= 15 is 0 Å². The lowest BCUT2D eigenvalue weighted by Gasteiger charge is -2.28. The van der Waals surface area contributed by atoms with E-state index in [1.807, 2.05) is 0 Å². The number of likely N-dealkylation sites (tertiary alicyclic amines) is 1. The number of nitrogens with zero attached hydrogens (tertiary/aromatic N) is 1. The molecule has 0 aromatic carbocycles. The summed E-state index contributed by atoms with van der Waals surface area (Å²) >= 11 is 0. The van der Waals surface area contributed by atoms with Crippen LogP contribution in [0, 0.1) is 0 Å². The first-order valence-electron chi connectivity index (χ1n) is 3.42. The van der Waals surface area contributed by atoms with Gasteiger partial charge in [0.2, 0.25) is 0 Å². The van der Waals surface area contributed by atoms with Gasteiger partial charge in [-0.3, -0.25) is 4.79 Å². The van der Waals surface area contributed by atoms with Crippen molar-refractivity contribution in [3.8, 4) is 0 Å². The molecule has 0 amide bonds. The van der Waals surface area contributed by atoms with E-state index in [1.54, 1.807) is 0 Å². The Morgan fingerprint density at radius 1 is 1.60 bits per heavy atom. The fraction of sp³-hybridized carbons (Fsp3) is 0.857. The SMILES string of the molecule is CC1CC(=O)CCN1C.Cl. The number of carbonyl (C=O) groups is 1. The van der Waals surface area contributed by atoms with Gasteiger partial charge in [-0.1, -0.05) is 0 Å². The Morgan fingerprint density at radius 2 is 2.20 bits per heavy atom. The number of hydrogen-bond acceptors (Lipinski definition) is 2. The fourth-order valence-corrected chi connectivity index (χ4v) is 1.11. The predicted molar refractivity (Wildman–Crippen MR) is 43.6 cm³/mol. The van der Waals surface area contributed by atoms with Crippen LogP contribution in [0.25, 0.3) is 0 Å². The normalized spacial score (nSPS) is 27.8. The maximum atomic E-state index is 10.8. The van der Waals surface area contributed by atoms with Gasteiger partial charge in [-0.15, -0.1) is 12.4 Å². The quantitative estimate of drug-likeness (QED) is 0.533. The minimum Gasteiger partial charge on any atom is -0.303 e. The van der Waals surface area contributed by atoms with Crippen LogP contribution in [0.5, 0.6) is 0 Å². The van der Waals surface area contributed by atoms with E-state index in [9.17, 15) is 4.79 Å². The fourth-order valence-electron chi connectivity index (χ4n) is 1.11. The summed E-state index contributed by atoms with van der Waals surface area (Å²) in [5, 5.41) is 0. The molecule has 1 fully saturated rings. The molecule has 1 rings (SSSR count). The van der Waals surface area contributed by atoms with Gasteiger partial charge in [-0.2, -0.15) is 0 Å². The molecule has 0 bridgehead atoms. The van der Waals surface area contributed by atoms with Gasteiger partial charge >= 0.3 is 0 Å². The smallest absolute Gasteiger partial charge is 0.135 e. The largest absolute Gasteiger partial charge is 0.303 e. The average Bonchev–Trinajstić information content (AvgIpc) is 1.80. The molecule has 10 heavy (non-hydrogen) atoms. The summed E-state index contributed by atoms with van der Waals surface area (Å²) in [6, 6.07) is 0.464. The van der Waals surface area contributed by atoms with Crippen molar-refractivity contribution < 1.29 is 4.79 Å². The van der Waals surface area contributed by atoms with Crippen LogP contribution in [0.1, 0.15) is 19.8 Å². The molecule has 0 aromatic heterocycles. The van der Waals surface area contributed by atoms with Crippen LogP contribution in [-0.4, -0.2) is 30.3 Å². The number of carbonyl (C=O) groups excluding carboxylic acids is 1. The summed E-state index contributed by atoms with van der Waals surface area (Å²) in [6.07, 6.45) is 1.50. The molecule has 0 spiro atoms. The van der Waals surface area contributed by atoms with E-state index < -0.39 is 0 Å². The summed E-state index contributed by atoms with van der Waals surface area (Å²) in [4.78, 5) is 13.0. The highest BCUT2D eigenvalue weighted by Gasteiger charge is 2.19. The molecule has 60 valence electrons. The highest BCUT2D eigenvalue weighted by atomic mass is 35.5. The molecule has 1 saturated heterocycles. The Morgan fingerprint density at radius 3 is 2.60 bits per heavy atom. The maximum Gasteiger partial charge on any atom is 0.135 e. The van der Waals surface area contributed by atoms with E-state index in [4.69, 9.17) is 0 Å². The standard InChI is InChI=1S/C7H13NO.ClH/c1-6-5-7(9)3-4-8(6)2;/h6H,3-5H2,1-2H3;1H. The molecule has 3 heteroatoms. The summed E-state index contributed by atoms with van der Waals surface area (Å²) < 4.78 is 0.